The van der Waals surface area contributed by atoms with E-state index in [4.69, 9.17) is 11.6 Å². The Hall–Kier alpha value is -2.90. The summed E-state index contributed by atoms with van der Waals surface area (Å²) in [7, 11) is 2.03. The minimum atomic E-state index is -0.424. The molecule has 1 fully saturated rings. The van der Waals surface area contributed by atoms with Crippen molar-refractivity contribution in [2.75, 3.05) is 38.5 Å². The lowest BCUT2D eigenvalue weighted by Crippen LogP contribution is -2.47. The number of piperazine rings is 1. The third-order valence-corrected chi connectivity index (χ3v) is 5.20. The minimum absolute atomic E-state index is 0.146. The van der Waals surface area contributed by atoms with Crippen LogP contribution in [0.2, 0.25) is 5.02 Å². The molecule has 0 unspecified atom stereocenters. The Balaban J connectivity index is 1.67. The second kappa shape index (κ2) is 7.61. The molecular weight excluding hydrogens is 378 g/mol. The van der Waals surface area contributed by atoms with Crippen molar-refractivity contribution in [3.63, 3.8) is 0 Å². The van der Waals surface area contributed by atoms with Crippen molar-refractivity contribution in [1.82, 2.24) is 19.2 Å². The standard InChI is InChI=1S/C20H20ClN5O2/c1-24-10-12-25(13-11-24)20(28)17-16-8-4-5-9-26(16)18(23-17)19(27)22-15-7-3-2-6-14(15)21/h2-9H,10-13H2,1H3,(H,22,27). The number of aromatic nitrogens is 2. The van der Waals surface area contributed by atoms with Crippen molar-refractivity contribution in [2.45, 2.75) is 0 Å². The van der Waals surface area contributed by atoms with E-state index in [1.54, 1.807) is 51.9 Å². The van der Waals surface area contributed by atoms with Crippen molar-refractivity contribution in [3.8, 4) is 0 Å². The zero-order chi connectivity index (χ0) is 19.7. The summed E-state index contributed by atoms with van der Waals surface area (Å²) in [6, 6.07) is 12.4. The predicted molar refractivity (Wildman–Crippen MR) is 108 cm³/mol. The molecule has 0 spiro atoms. The van der Waals surface area contributed by atoms with Crippen LogP contribution in [0.5, 0.6) is 0 Å². The number of fused-ring (bicyclic) bond motifs is 1. The first kappa shape index (κ1) is 18.5. The third-order valence-electron chi connectivity index (χ3n) is 4.87. The number of carbonyl (C=O) groups is 2. The number of halogens is 1. The molecule has 1 N–H and O–H groups in total. The van der Waals surface area contributed by atoms with Gasteiger partial charge in [-0.05, 0) is 31.3 Å². The second-order valence-corrected chi connectivity index (χ2v) is 7.18. The van der Waals surface area contributed by atoms with Crippen LogP contribution in [0.15, 0.2) is 48.7 Å². The van der Waals surface area contributed by atoms with E-state index in [9.17, 15) is 9.59 Å². The number of rotatable bonds is 3. The summed E-state index contributed by atoms with van der Waals surface area (Å²) in [6.45, 7) is 2.92. The minimum Gasteiger partial charge on any atom is -0.335 e. The highest BCUT2D eigenvalue weighted by molar-refractivity contribution is 6.33. The van der Waals surface area contributed by atoms with Crippen LogP contribution in [0.25, 0.3) is 5.52 Å². The highest BCUT2D eigenvalue weighted by Gasteiger charge is 2.27. The summed E-state index contributed by atoms with van der Waals surface area (Å²) in [4.78, 5) is 34.3. The Labute approximate surface area is 167 Å². The van der Waals surface area contributed by atoms with Gasteiger partial charge in [0, 0.05) is 32.4 Å². The van der Waals surface area contributed by atoms with Crippen LogP contribution in [-0.2, 0) is 0 Å². The van der Waals surface area contributed by atoms with Crippen LogP contribution < -0.4 is 5.32 Å². The van der Waals surface area contributed by atoms with Gasteiger partial charge in [0.15, 0.2) is 5.69 Å². The molecule has 1 aliphatic rings. The molecule has 2 amide bonds. The van der Waals surface area contributed by atoms with Crippen molar-refractivity contribution in [3.05, 3.63) is 65.2 Å². The first-order chi connectivity index (χ1) is 13.5. The molecule has 144 valence electrons. The number of imidazole rings is 1. The Bertz CT molecular complexity index is 1040. The van der Waals surface area contributed by atoms with E-state index in [1.807, 2.05) is 13.1 Å². The van der Waals surface area contributed by atoms with Crippen LogP contribution in [-0.4, -0.2) is 64.2 Å². The zero-order valence-electron chi connectivity index (χ0n) is 15.4. The first-order valence-electron chi connectivity index (χ1n) is 9.05. The van der Waals surface area contributed by atoms with E-state index in [0.717, 1.165) is 13.1 Å². The van der Waals surface area contributed by atoms with Crippen LogP contribution >= 0.6 is 11.6 Å². The van der Waals surface area contributed by atoms with E-state index in [-0.39, 0.29) is 17.4 Å². The van der Waals surface area contributed by atoms with Crippen molar-refractivity contribution >= 4 is 34.6 Å². The van der Waals surface area contributed by atoms with Crippen molar-refractivity contribution in [1.29, 1.82) is 0 Å². The molecule has 28 heavy (non-hydrogen) atoms. The van der Waals surface area contributed by atoms with Gasteiger partial charge in [0.2, 0.25) is 5.82 Å². The fourth-order valence-corrected chi connectivity index (χ4v) is 3.44. The maximum atomic E-state index is 13.0. The number of nitrogens with one attached hydrogen (secondary N) is 1. The first-order valence-corrected chi connectivity index (χ1v) is 9.43. The van der Waals surface area contributed by atoms with Gasteiger partial charge in [-0.3, -0.25) is 14.0 Å². The average molecular weight is 398 g/mol. The van der Waals surface area contributed by atoms with E-state index in [1.165, 1.54) is 0 Å². The van der Waals surface area contributed by atoms with Crippen molar-refractivity contribution in [2.24, 2.45) is 0 Å². The Morgan fingerprint density at radius 1 is 1.04 bits per heavy atom. The normalized spacial score (nSPS) is 15.0. The number of hydrogen-bond donors (Lipinski definition) is 1. The van der Waals surface area contributed by atoms with Gasteiger partial charge in [-0.2, -0.15) is 0 Å². The Morgan fingerprint density at radius 2 is 1.75 bits per heavy atom. The smallest absolute Gasteiger partial charge is 0.292 e. The van der Waals surface area contributed by atoms with Gasteiger partial charge in [-0.1, -0.05) is 29.8 Å². The fraction of sp³-hybridized carbons (Fsp3) is 0.250. The molecule has 3 aromatic rings. The van der Waals surface area contributed by atoms with E-state index >= 15 is 0 Å². The summed E-state index contributed by atoms with van der Waals surface area (Å²) in [5, 5.41) is 3.21. The highest BCUT2D eigenvalue weighted by atomic mass is 35.5. The summed E-state index contributed by atoms with van der Waals surface area (Å²) < 4.78 is 1.63. The van der Waals surface area contributed by atoms with E-state index in [2.05, 4.69) is 15.2 Å². The number of likely N-dealkylation sites (N-methyl/N-ethyl adjacent to an activating group) is 1. The van der Waals surface area contributed by atoms with Crippen LogP contribution in [0.1, 0.15) is 21.1 Å². The molecule has 1 aromatic carbocycles. The van der Waals surface area contributed by atoms with E-state index < -0.39 is 5.91 Å². The lowest BCUT2D eigenvalue weighted by molar-refractivity contribution is 0.0661. The third kappa shape index (κ3) is 3.46. The number of pyridine rings is 1. The molecule has 0 saturated carbocycles. The molecule has 3 heterocycles. The number of amides is 2. The largest absolute Gasteiger partial charge is 0.335 e. The van der Waals surface area contributed by atoms with Crippen molar-refractivity contribution < 1.29 is 9.59 Å². The molecule has 0 radical (unpaired) electrons. The van der Waals surface area contributed by atoms with Crippen LogP contribution in [0.3, 0.4) is 0 Å². The topological polar surface area (TPSA) is 69.9 Å². The number of nitrogens with zero attached hydrogens (tertiary/aromatic N) is 4. The monoisotopic (exact) mass is 397 g/mol. The number of benzene rings is 1. The van der Waals surface area contributed by atoms with Gasteiger partial charge in [0.05, 0.1) is 16.2 Å². The molecule has 4 rings (SSSR count). The molecule has 1 saturated heterocycles. The Kier molecular flexibility index (Phi) is 5.02. The molecule has 7 nitrogen and oxygen atoms in total. The molecule has 0 bridgehead atoms. The average Bonchev–Trinajstić information content (AvgIpc) is 3.10. The molecule has 0 aliphatic carbocycles. The van der Waals surface area contributed by atoms with Gasteiger partial charge in [-0.25, -0.2) is 4.98 Å². The molecule has 2 aromatic heterocycles. The number of carbonyl (C=O) groups excluding carboxylic acids is 2. The summed E-state index contributed by atoms with van der Waals surface area (Å²) in [6.07, 6.45) is 1.73. The molecule has 0 atom stereocenters. The molecular formula is C20H20ClN5O2. The number of hydrogen-bond acceptors (Lipinski definition) is 4. The zero-order valence-corrected chi connectivity index (χ0v) is 16.2. The highest BCUT2D eigenvalue weighted by Crippen LogP contribution is 2.22. The van der Waals surface area contributed by atoms with Gasteiger partial charge >= 0.3 is 0 Å². The van der Waals surface area contributed by atoms with E-state index in [0.29, 0.717) is 29.3 Å². The fourth-order valence-electron chi connectivity index (χ4n) is 3.26. The number of para-hydroxylation sites is 1. The SMILES string of the molecule is CN1CCN(C(=O)c2nc(C(=O)Nc3ccccc3Cl)n3ccccc23)CC1. The quantitative estimate of drug-likeness (QED) is 0.737. The molecule has 8 heteroatoms. The lowest BCUT2D eigenvalue weighted by Gasteiger charge is -2.32. The maximum Gasteiger partial charge on any atom is 0.292 e. The summed E-state index contributed by atoms with van der Waals surface area (Å²) in [5.74, 6) is -0.437. The van der Waals surface area contributed by atoms with Gasteiger partial charge in [0.1, 0.15) is 0 Å². The van der Waals surface area contributed by atoms with Gasteiger partial charge in [-0.15, -0.1) is 0 Å². The summed E-state index contributed by atoms with van der Waals surface area (Å²) >= 11 is 6.14. The number of anilines is 1. The van der Waals surface area contributed by atoms with Gasteiger partial charge < -0.3 is 15.1 Å². The van der Waals surface area contributed by atoms with Crippen LogP contribution in [0.4, 0.5) is 5.69 Å². The van der Waals surface area contributed by atoms with Gasteiger partial charge in [0.25, 0.3) is 11.8 Å². The van der Waals surface area contributed by atoms with Crippen LogP contribution in [0, 0.1) is 0 Å². The predicted octanol–water partition coefficient (Wildman–Crippen LogP) is 2.63. The lowest BCUT2D eigenvalue weighted by atomic mass is 10.2. The second-order valence-electron chi connectivity index (χ2n) is 6.77. The maximum absolute atomic E-state index is 13.0. The molecule has 1 aliphatic heterocycles. The Morgan fingerprint density at radius 3 is 2.50 bits per heavy atom. The summed E-state index contributed by atoms with van der Waals surface area (Å²) in [5.41, 5.74) is 1.39.